The quantitative estimate of drug-likeness (QED) is 0.605. The van der Waals surface area contributed by atoms with Crippen LogP contribution in [0.4, 0.5) is 0 Å². The van der Waals surface area contributed by atoms with Crippen molar-refractivity contribution in [3.63, 3.8) is 0 Å². The van der Waals surface area contributed by atoms with Gasteiger partial charge in [0.2, 0.25) is 0 Å². The summed E-state index contributed by atoms with van der Waals surface area (Å²) < 4.78 is 5.36. The molecule has 0 unspecified atom stereocenters. The maximum atomic E-state index is 9.14. The fourth-order valence-electron chi connectivity index (χ4n) is 3.76. The first-order valence-corrected chi connectivity index (χ1v) is 9.89. The van der Waals surface area contributed by atoms with Crippen LogP contribution < -0.4 is 4.74 Å². The van der Waals surface area contributed by atoms with E-state index >= 15 is 0 Å². The van der Waals surface area contributed by atoms with Gasteiger partial charge in [0.1, 0.15) is 5.75 Å². The number of piperidine rings is 1. The molecular weight excluding hydrogens is 370 g/mol. The molecule has 5 heteroatoms. The Hall–Kier alpha value is -2.61. The van der Waals surface area contributed by atoms with Gasteiger partial charge in [0.15, 0.2) is 0 Å². The molecule has 0 N–H and O–H groups in total. The minimum absolute atomic E-state index is 0.189. The SMILES string of the molecule is COc1ccc2cc(CN3CCC(C#N)CC3)c(-c3ccc(Cl)cc3)nc2c1. The molecule has 1 saturated heterocycles. The summed E-state index contributed by atoms with van der Waals surface area (Å²) in [5, 5.41) is 11.0. The number of nitrogens with zero attached hydrogens (tertiary/aromatic N) is 3. The topological polar surface area (TPSA) is 49.1 Å². The van der Waals surface area contributed by atoms with Crippen molar-refractivity contribution >= 4 is 22.5 Å². The first kappa shape index (κ1) is 18.7. The predicted molar refractivity (Wildman–Crippen MR) is 112 cm³/mol. The number of likely N-dealkylation sites (tertiary alicyclic amines) is 1. The number of ether oxygens (including phenoxy) is 1. The van der Waals surface area contributed by atoms with E-state index in [0.717, 1.165) is 60.4 Å². The van der Waals surface area contributed by atoms with Crippen molar-refractivity contribution in [1.82, 2.24) is 9.88 Å². The lowest BCUT2D eigenvalue weighted by Gasteiger charge is -2.29. The van der Waals surface area contributed by atoms with Gasteiger partial charge >= 0.3 is 0 Å². The highest BCUT2D eigenvalue weighted by molar-refractivity contribution is 6.30. The molecule has 0 amide bonds. The van der Waals surface area contributed by atoms with Crippen LogP contribution in [0.25, 0.3) is 22.2 Å². The summed E-state index contributed by atoms with van der Waals surface area (Å²) in [6, 6.07) is 18.4. The Morgan fingerprint density at radius 3 is 2.57 bits per heavy atom. The lowest BCUT2D eigenvalue weighted by molar-refractivity contribution is 0.198. The van der Waals surface area contributed by atoms with Crippen LogP contribution in [0.2, 0.25) is 5.02 Å². The summed E-state index contributed by atoms with van der Waals surface area (Å²) in [6.45, 7) is 2.71. The molecule has 0 radical (unpaired) electrons. The average Bonchev–Trinajstić information content (AvgIpc) is 2.74. The van der Waals surface area contributed by atoms with Crippen molar-refractivity contribution in [1.29, 1.82) is 5.26 Å². The van der Waals surface area contributed by atoms with Gasteiger partial charge in [0.25, 0.3) is 0 Å². The van der Waals surface area contributed by atoms with E-state index in [1.807, 2.05) is 36.4 Å². The molecule has 4 rings (SSSR count). The van der Waals surface area contributed by atoms with Gasteiger partial charge in [-0.3, -0.25) is 4.90 Å². The molecule has 3 aromatic rings. The monoisotopic (exact) mass is 391 g/mol. The number of rotatable bonds is 4. The summed E-state index contributed by atoms with van der Waals surface area (Å²) in [7, 11) is 1.67. The maximum Gasteiger partial charge on any atom is 0.121 e. The zero-order chi connectivity index (χ0) is 19.5. The molecule has 0 saturated carbocycles. The molecule has 0 aliphatic carbocycles. The van der Waals surface area contributed by atoms with E-state index in [-0.39, 0.29) is 5.92 Å². The molecule has 4 nitrogen and oxygen atoms in total. The summed E-state index contributed by atoms with van der Waals surface area (Å²) in [5.74, 6) is 0.988. The smallest absolute Gasteiger partial charge is 0.121 e. The van der Waals surface area contributed by atoms with E-state index in [4.69, 9.17) is 26.6 Å². The van der Waals surface area contributed by atoms with Crippen LogP contribution in [0.1, 0.15) is 18.4 Å². The van der Waals surface area contributed by atoms with E-state index in [0.29, 0.717) is 5.02 Å². The number of aromatic nitrogens is 1. The standard InChI is InChI=1S/C23H22ClN3O/c1-28-21-7-4-18-12-19(15-27-10-8-16(14-25)9-11-27)23(26-22(18)13-21)17-2-5-20(24)6-3-17/h2-7,12-13,16H,8-11,15H2,1H3. The fraction of sp³-hybridized carbons (Fsp3) is 0.304. The number of halogens is 1. The van der Waals surface area contributed by atoms with Gasteiger partial charge in [0, 0.05) is 34.5 Å². The summed E-state index contributed by atoms with van der Waals surface area (Å²) >= 11 is 6.09. The second-order valence-electron chi connectivity index (χ2n) is 7.24. The van der Waals surface area contributed by atoms with E-state index in [2.05, 4.69) is 23.1 Å². The van der Waals surface area contributed by atoms with Crippen molar-refractivity contribution in [3.05, 3.63) is 59.1 Å². The highest BCUT2D eigenvalue weighted by atomic mass is 35.5. The Morgan fingerprint density at radius 2 is 1.89 bits per heavy atom. The molecule has 1 aliphatic rings. The lowest BCUT2D eigenvalue weighted by Crippen LogP contribution is -2.33. The molecule has 28 heavy (non-hydrogen) atoms. The fourth-order valence-corrected chi connectivity index (χ4v) is 3.88. The van der Waals surface area contributed by atoms with Gasteiger partial charge in [-0.2, -0.15) is 5.26 Å². The minimum Gasteiger partial charge on any atom is -0.497 e. The van der Waals surface area contributed by atoms with Gasteiger partial charge < -0.3 is 4.74 Å². The number of pyridine rings is 1. The molecule has 2 aromatic carbocycles. The third-order valence-electron chi connectivity index (χ3n) is 5.39. The molecule has 1 aliphatic heterocycles. The number of hydrogen-bond donors (Lipinski definition) is 0. The van der Waals surface area contributed by atoms with Gasteiger partial charge in [-0.1, -0.05) is 23.7 Å². The van der Waals surface area contributed by atoms with Crippen molar-refractivity contribution in [2.75, 3.05) is 20.2 Å². The summed E-state index contributed by atoms with van der Waals surface area (Å²) in [6.07, 6.45) is 1.87. The van der Waals surface area contributed by atoms with Crippen molar-refractivity contribution in [2.45, 2.75) is 19.4 Å². The number of hydrogen-bond acceptors (Lipinski definition) is 4. The van der Waals surface area contributed by atoms with Gasteiger partial charge in [-0.15, -0.1) is 0 Å². The van der Waals surface area contributed by atoms with Crippen LogP contribution in [0.3, 0.4) is 0 Å². The highest BCUT2D eigenvalue weighted by Crippen LogP contribution is 2.30. The number of fused-ring (bicyclic) bond motifs is 1. The Kier molecular flexibility index (Phi) is 5.47. The first-order chi connectivity index (χ1) is 13.7. The van der Waals surface area contributed by atoms with Crippen molar-refractivity contribution in [2.24, 2.45) is 5.92 Å². The van der Waals surface area contributed by atoms with Crippen LogP contribution in [0.15, 0.2) is 48.5 Å². The van der Waals surface area contributed by atoms with Crippen LogP contribution in [0.5, 0.6) is 5.75 Å². The van der Waals surface area contributed by atoms with E-state index in [1.165, 1.54) is 5.56 Å². The predicted octanol–water partition coefficient (Wildman–Crippen LogP) is 5.30. The van der Waals surface area contributed by atoms with Crippen molar-refractivity contribution < 1.29 is 4.74 Å². The Balaban J connectivity index is 1.73. The molecule has 0 bridgehead atoms. The van der Waals surface area contributed by atoms with Gasteiger partial charge in [-0.25, -0.2) is 4.98 Å². The molecular formula is C23H22ClN3O. The largest absolute Gasteiger partial charge is 0.497 e. The average molecular weight is 392 g/mol. The third-order valence-corrected chi connectivity index (χ3v) is 5.64. The summed E-state index contributed by atoms with van der Waals surface area (Å²) in [4.78, 5) is 7.39. The number of nitriles is 1. The van der Waals surface area contributed by atoms with Crippen LogP contribution >= 0.6 is 11.6 Å². The normalized spacial score (nSPS) is 15.5. The first-order valence-electron chi connectivity index (χ1n) is 9.52. The molecule has 2 heterocycles. The highest BCUT2D eigenvalue weighted by Gasteiger charge is 2.20. The van der Waals surface area contributed by atoms with Crippen molar-refractivity contribution in [3.8, 4) is 23.1 Å². The molecule has 142 valence electrons. The van der Waals surface area contributed by atoms with E-state index in [1.54, 1.807) is 7.11 Å². The molecule has 1 fully saturated rings. The Morgan fingerprint density at radius 1 is 1.14 bits per heavy atom. The van der Waals surface area contributed by atoms with E-state index in [9.17, 15) is 0 Å². The lowest BCUT2D eigenvalue weighted by atomic mass is 9.97. The third kappa shape index (κ3) is 3.96. The van der Waals surface area contributed by atoms with E-state index < -0.39 is 0 Å². The summed E-state index contributed by atoms with van der Waals surface area (Å²) in [5.41, 5.74) is 4.13. The van der Waals surface area contributed by atoms with Gasteiger partial charge in [0.05, 0.1) is 24.4 Å². The number of benzene rings is 2. The van der Waals surface area contributed by atoms with Crippen LogP contribution in [0, 0.1) is 17.2 Å². The second kappa shape index (κ2) is 8.18. The molecule has 0 atom stereocenters. The second-order valence-corrected chi connectivity index (χ2v) is 7.68. The maximum absolute atomic E-state index is 9.14. The van der Waals surface area contributed by atoms with Crippen LogP contribution in [-0.4, -0.2) is 30.1 Å². The zero-order valence-electron chi connectivity index (χ0n) is 15.9. The van der Waals surface area contributed by atoms with Crippen LogP contribution in [-0.2, 0) is 6.54 Å². The zero-order valence-corrected chi connectivity index (χ0v) is 16.6. The minimum atomic E-state index is 0.189. The molecule has 0 spiro atoms. The Bertz CT molecular complexity index is 1020. The Labute approximate surface area is 170 Å². The molecule has 1 aromatic heterocycles. The van der Waals surface area contributed by atoms with Gasteiger partial charge in [-0.05, 0) is 61.8 Å². The number of methoxy groups -OCH3 is 1.